The molecule has 1 aromatic heterocycles. The summed E-state index contributed by atoms with van der Waals surface area (Å²) < 4.78 is 18.0. The SMILES string of the molecule is CC.CCC[CH2][Sn]([CH2]CCC)([CH2]CCC)[c]1cccc2c(OC)c(-c3ccc(N4CC(C)OC(C)C4)cc3)cnc12. The molecule has 0 bridgehead atoms. The number of morpholine rings is 1. The van der Waals surface area contributed by atoms with Crippen LogP contribution in [0.15, 0.2) is 48.7 Å². The Kier molecular flexibility index (Phi) is 13.8. The molecule has 0 saturated carbocycles. The number of hydrogen-bond donors (Lipinski definition) is 0. The van der Waals surface area contributed by atoms with Crippen LogP contribution in [0.3, 0.4) is 0 Å². The molecule has 0 amide bonds. The summed E-state index contributed by atoms with van der Waals surface area (Å²) >= 11 is -2.67. The van der Waals surface area contributed by atoms with E-state index in [9.17, 15) is 0 Å². The minimum atomic E-state index is -2.67. The molecule has 0 radical (unpaired) electrons. The van der Waals surface area contributed by atoms with Gasteiger partial charge in [-0.1, -0.05) is 13.8 Å². The van der Waals surface area contributed by atoms with Gasteiger partial charge in [-0.05, 0) is 13.8 Å². The van der Waals surface area contributed by atoms with Crippen molar-refractivity contribution in [3.05, 3.63) is 48.7 Å². The number of hydrogen-bond acceptors (Lipinski definition) is 4. The maximum absolute atomic E-state index is 6.16. The Morgan fingerprint density at radius 3 is 1.93 bits per heavy atom. The molecule has 1 fully saturated rings. The predicted octanol–water partition coefficient (Wildman–Crippen LogP) is 9.61. The molecule has 2 heterocycles. The van der Waals surface area contributed by atoms with E-state index in [1.54, 1.807) is 3.58 Å². The van der Waals surface area contributed by atoms with E-state index in [0.29, 0.717) is 0 Å². The number of aromatic nitrogens is 1. The molecule has 0 N–H and O–H groups in total. The summed E-state index contributed by atoms with van der Waals surface area (Å²) in [6, 6.07) is 15.9. The van der Waals surface area contributed by atoms with Crippen LogP contribution < -0.4 is 13.2 Å². The van der Waals surface area contributed by atoms with Gasteiger partial charge in [0.05, 0.1) is 0 Å². The van der Waals surface area contributed by atoms with Gasteiger partial charge in [0.2, 0.25) is 0 Å². The van der Waals surface area contributed by atoms with E-state index in [0.717, 1.165) is 30.0 Å². The van der Waals surface area contributed by atoms with Crippen LogP contribution in [0.5, 0.6) is 5.75 Å². The number of anilines is 1. The van der Waals surface area contributed by atoms with Gasteiger partial charge in [0, 0.05) is 0 Å². The van der Waals surface area contributed by atoms with Crippen LogP contribution in [0.25, 0.3) is 22.0 Å². The second-order valence-corrected chi connectivity index (χ2v) is 24.8. The Bertz CT molecular complexity index is 1160. The molecule has 1 saturated heterocycles. The molecule has 4 nitrogen and oxygen atoms in total. The Morgan fingerprint density at radius 2 is 1.41 bits per heavy atom. The number of pyridine rings is 1. The van der Waals surface area contributed by atoms with Crippen LogP contribution >= 0.6 is 0 Å². The van der Waals surface area contributed by atoms with Crippen LogP contribution in [-0.4, -0.2) is 55.8 Å². The van der Waals surface area contributed by atoms with E-state index in [1.807, 2.05) is 21.0 Å². The molecule has 1 aliphatic heterocycles. The third-order valence-corrected chi connectivity index (χ3v) is 24.2. The fourth-order valence-corrected chi connectivity index (χ4v) is 23.2. The van der Waals surface area contributed by atoms with Gasteiger partial charge in [0.25, 0.3) is 0 Å². The van der Waals surface area contributed by atoms with Crippen molar-refractivity contribution in [1.29, 1.82) is 0 Å². The van der Waals surface area contributed by atoms with Gasteiger partial charge in [-0.3, -0.25) is 0 Å². The van der Waals surface area contributed by atoms with E-state index >= 15 is 0 Å². The average Bonchev–Trinajstić information content (AvgIpc) is 3.00. The molecule has 2 aromatic carbocycles. The standard InChI is InChI=1S/C22H23N2O2.3C4H9.C2H6.Sn/c1-15-13-24(14-16(2)26-15)18-10-8-17(9-11-18)20-12-23-21-7-5-4-6-19(21)22(20)25-3;3*1-3-4-2;1-2;/h4-6,8-12,15-16H,13-14H2,1-3H3;3*1,3-4H2,2H3;1-2H3;. The van der Waals surface area contributed by atoms with Gasteiger partial charge in [-0.25, -0.2) is 0 Å². The number of nitrogens with zero attached hydrogens (tertiary/aromatic N) is 2. The number of para-hydroxylation sites is 1. The van der Waals surface area contributed by atoms with Crippen LogP contribution in [0, 0.1) is 0 Å². The van der Waals surface area contributed by atoms with Gasteiger partial charge in [0.1, 0.15) is 0 Å². The molecule has 2 atom stereocenters. The minimum absolute atomic E-state index is 0.247. The van der Waals surface area contributed by atoms with Crippen molar-refractivity contribution < 1.29 is 9.47 Å². The molecular formula is C36H56N2O2Sn. The molecule has 3 aromatic rings. The normalized spacial score (nSPS) is 17.3. The van der Waals surface area contributed by atoms with Crippen molar-refractivity contribution in [2.45, 2.75) is 113 Å². The van der Waals surface area contributed by atoms with Gasteiger partial charge >= 0.3 is 224 Å². The zero-order valence-electron chi connectivity index (χ0n) is 27.3. The number of fused-ring (bicyclic) bond motifs is 1. The van der Waals surface area contributed by atoms with Crippen LogP contribution in [0.1, 0.15) is 87.0 Å². The number of benzene rings is 2. The van der Waals surface area contributed by atoms with Crippen molar-refractivity contribution in [3.63, 3.8) is 0 Å². The Balaban J connectivity index is 0.00000226. The first-order valence-electron chi connectivity index (χ1n) is 16.4. The van der Waals surface area contributed by atoms with Crippen molar-refractivity contribution in [2.75, 3.05) is 25.1 Å². The van der Waals surface area contributed by atoms with Gasteiger partial charge < -0.3 is 4.74 Å². The summed E-state index contributed by atoms with van der Waals surface area (Å²) in [4.78, 5) is 7.66. The fourth-order valence-electron chi connectivity index (χ4n) is 6.62. The first-order valence-corrected chi connectivity index (χ1v) is 23.9. The molecule has 41 heavy (non-hydrogen) atoms. The van der Waals surface area contributed by atoms with Crippen molar-refractivity contribution in [3.8, 4) is 16.9 Å². The van der Waals surface area contributed by atoms with Crippen LogP contribution in [0.2, 0.25) is 13.3 Å². The summed E-state index contributed by atoms with van der Waals surface area (Å²) in [6.45, 7) is 17.2. The number of methoxy groups -OCH3 is 1. The molecule has 0 aliphatic carbocycles. The number of unbranched alkanes of at least 4 members (excludes halogenated alkanes) is 3. The average molecular weight is 668 g/mol. The summed E-state index contributed by atoms with van der Waals surface area (Å²) in [5.74, 6) is 0.963. The molecule has 226 valence electrons. The van der Waals surface area contributed by atoms with Crippen LogP contribution in [0.4, 0.5) is 5.69 Å². The molecular weight excluding hydrogens is 611 g/mol. The second-order valence-electron chi connectivity index (χ2n) is 11.7. The van der Waals surface area contributed by atoms with Gasteiger partial charge in [-0.15, -0.1) is 0 Å². The summed E-state index contributed by atoms with van der Waals surface area (Å²) in [5.41, 5.74) is 4.69. The molecule has 5 heteroatoms. The fraction of sp³-hybridized carbons (Fsp3) is 0.583. The Hall–Kier alpha value is -1.79. The predicted molar refractivity (Wildman–Crippen MR) is 182 cm³/mol. The van der Waals surface area contributed by atoms with E-state index in [2.05, 4.69) is 88.2 Å². The quantitative estimate of drug-likeness (QED) is 0.170. The topological polar surface area (TPSA) is 34.6 Å². The third-order valence-electron chi connectivity index (χ3n) is 8.61. The van der Waals surface area contributed by atoms with Crippen molar-refractivity contribution >= 4 is 38.5 Å². The van der Waals surface area contributed by atoms with Crippen molar-refractivity contribution in [1.82, 2.24) is 4.98 Å². The van der Waals surface area contributed by atoms with E-state index in [1.165, 1.54) is 68.4 Å². The maximum atomic E-state index is 6.16. The third kappa shape index (κ3) is 8.19. The summed E-state index contributed by atoms with van der Waals surface area (Å²) in [6.07, 6.45) is 10.5. The van der Waals surface area contributed by atoms with E-state index in [-0.39, 0.29) is 12.2 Å². The zero-order chi connectivity index (χ0) is 29.8. The van der Waals surface area contributed by atoms with E-state index < -0.39 is 18.4 Å². The first kappa shape index (κ1) is 33.7. The first-order chi connectivity index (χ1) is 20.0. The second kappa shape index (κ2) is 16.7. The van der Waals surface area contributed by atoms with Gasteiger partial charge in [0.15, 0.2) is 0 Å². The molecule has 1 aliphatic rings. The number of ether oxygens (including phenoxy) is 2. The van der Waals surface area contributed by atoms with Gasteiger partial charge in [-0.2, -0.15) is 0 Å². The monoisotopic (exact) mass is 668 g/mol. The molecule has 0 spiro atoms. The van der Waals surface area contributed by atoms with Crippen LogP contribution in [-0.2, 0) is 4.74 Å². The Morgan fingerprint density at radius 1 is 0.854 bits per heavy atom. The zero-order valence-corrected chi connectivity index (χ0v) is 30.1. The summed E-state index contributed by atoms with van der Waals surface area (Å²) in [7, 11) is 1.82. The Labute approximate surface area is 255 Å². The molecule has 2 unspecified atom stereocenters. The summed E-state index contributed by atoms with van der Waals surface area (Å²) in [5, 5.41) is 1.18. The van der Waals surface area contributed by atoms with Crippen molar-refractivity contribution in [2.24, 2.45) is 0 Å². The number of rotatable bonds is 13. The molecule has 4 rings (SSSR count). The van der Waals surface area contributed by atoms with E-state index in [4.69, 9.17) is 14.5 Å².